The SMILES string of the molecule is COc1ccccc1-n1c(=O)c2cc(C)ccc2n(CC(=O)NCc2ccco2)c1=O. The van der Waals surface area contributed by atoms with Crippen molar-refractivity contribution in [3.8, 4) is 11.4 Å². The molecule has 1 amide bonds. The van der Waals surface area contributed by atoms with Crippen molar-refractivity contribution in [2.75, 3.05) is 7.11 Å². The first kappa shape index (κ1) is 20.2. The lowest BCUT2D eigenvalue weighted by Crippen LogP contribution is -2.41. The Morgan fingerprint density at radius 3 is 2.65 bits per heavy atom. The van der Waals surface area contributed by atoms with Crippen LogP contribution >= 0.6 is 0 Å². The number of aryl methyl sites for hydroxylation is 1. The number of aromatic nitrogens is 2. The molecular weight excluding hydrogens is 398 g/mol. The van der Waals surface area contributed by atoms with E-state index in [1.54, 1.807) is 54.6 Å². The average Bonchev–Trinajstić information content (AvgIpc) is 3.29. The number of hydrogen-bond acceptors (Lipinski definition) is 5. The molecule has 158 valence electrons. The van der Waals surface area contributed by atoms with E-state index in [9.17, 15) is 14.4 Å². The number of nitrogens with zero attached hydrogens (tertiary/aromatic N) is 2. The lowest BCUT2D eigenvalue weighted by atomic mass is 10.1. The number of fused-ring (bicyclic) bond motifs is 1. The number of benzene rings is 2. The predicted molar refractivity (Wildman–Crippen MR) is 116 cm³/mol. The van der Waals surface area contributed by atoms with Crippen LogP contribution in [0.1, 0.15) is 11.3 Å². The molecule has 0 radical (unpaired) electrons. The number of ether oxygens (including phenoxy) is 1. The zero-order chi connectivity index (χ0) is 22.0. The molecule has 1 N–H and O–H groups in total. The molecule has 2 heterocycles. The second kappa shape index (κ2) is 8.35. The number of carbonyl (C=O) groups is 1. The summed E-state index contributed by atoms with van der Waals surface area (Å²) < 4.78 is 12.9. The van der Waals surface area contributed by atoms with Gasteiger partial charge in [0, 0.05) is 0 Å². The van der Waals surface area contributed by atoms with Crippen LogP contribution in [0.5, 0.6) is 5.75 Å². The van der Waals surface area contributed by atoms with Crippen LogP contribution in [0, 0.1) is 6.92 Å². The van der Waals surface area contributed by atoms with Crippen molar-refractivity contribution in [2.45, 2.75) is 20.0 Å². The monoisotopic (exact) mass is 419 g/mol. The van der Waals surface area contributed by atoms with Gasteiger partial charge in [0.1, 0.15) is 18.1 Å². The van der Waals surface area contributed by atoms with Gasteiger partial charge in [-0.05, 0) is 43.3 Å². The van der Waals surface area contributed by atoms with E-state index in [1.807, 2.05) is 6.92 Å². The van der Waals surface area contributed by atoms with Gasteiger partial charge in [0.25, 0.3) is 5.56 Å². The first-order valence-corrected chi connectivity index (χ1v) is 9.68. The van der Waals surface area contributed by atoms with E-state index in [2.05, 4.69) is 5.32 Å². The van der Waals surface area contributed by atoms with Crippen molar-refractivity contribution >= 4 is 16.8 Å². The number of carbonyl (C=O) groups excluding carboxylic acids is 1. The number of amides is 1. The fourth-order valence-electron chi connectivity index (χ4n) is 3.47. The van der Waals surface area contributed by atoms with Gasteiger partial charge in [-0.2, -0.15) is 0 Å². The van der Waals surface area contributed by atoms with Crippen LogP contribution in [0.3, 0.4) is 0 Å². The third-order valence-corrected chi connectivity index (χ3v) is 4.97. The van der Waals surface area contributed by atoms with Gasteiger partial charge >= 0.3 is 5.69 Å². The molecule has 0 unspecified atom stereocenters. The summed E-state index contributed by atoms with van der Waals surface area (Å²) in [7, 11) is 1.47. The normalized spacial score (nSPS) is 10.9. The van der Waals surface area contributed by atoms with Gasteiger partial charge in [0.05, 0.1) is 36.5 Å². The summed E-state index contributed by atoms with van der Waals surface area (Å²) in [5.41, 5.74) is 0.469. The molecule has 2 aromatic heterocycles. The molecule has 2 aromatic carbocycles. The lowest BCUT2D eigenvalue weighted by molar-refractivity contribution is -0.121. The van der Waals surface area contributed by atoms with Crippen molar-refractivity contribution in [1.29, 1.82) is 0 Å². The van der Waals surface area contributed by atoms with Crippen molar-refractivity contribution in [3.05, 3.63) is 93.0 Å². The summed E-state index contributed by atoms with van der Waals surface area (Å²) in [6.07, 6.45) is 1.52. The van der Waals surface area contributed by atoms with Gasteiger partial charge in [0.15, 0.2) is 0 Å². The molecule has 0 saturated heterocycles. The number of hydrogen-bond donors (Lipinski definition) is 1. The minimum Gasteiger partial charge on any atom is -0.495 e. The largest absolute Gasteiger partial charge is 0.495 e. The van der Waals surface area contributed by atoms with Crippen LogP contribution in [0.25, 0.3) is 16.6 Å². The number of methoxy groups -OCH3 is 1. The molecule has 0 fully saturated rings. The van der Waals surface area contributed by atoms with E-state index in [0.717, 1.165) is 10.1 Å². The Morgan fingerprint density at radius 2 is 1.90 bits per heavy atom. The van der Waals surface area contributed by atoms with Gasteiger partial charge in [-0.15, -0.1) is 0 Å². The van der Waals surface area contributed by atoms with Gasteiger partial charge in [0.2, 0.25) is 5.91 Å². The molecule has 0 aliphatic rings. The maximum absolute atomic E-state index is 13.4. The molecule has 0 spiro atoms. The standard InChI is InChI=1S/C23H21N3O5/c1-15-9-10-18-17(12-15)22(28)26(19-7-3-4-8-20(19)30-2)23(29)25(18)14-21(27)24-13-16-6-5-11-31-16/h3-12H,13-14H2,1-2H3,(H,24,27). The second-order valence-electron chi connectivity index (χ2n) is 7.06. The van der Waals surface area contributed by atoms with Gasteiger partial charge in [-0.3, -0.25) is 14.2 Å². The maximum Gasteiger partial charge on any atom is 0.336 e. The predicted octanol–water partition coefficient (Wildman–Crippen LogP) is 2.38. The highest BCUT2D eigenvalue weighted by Crippen LogP contribution is 2.20. The van der Waals surface area contributed by atoms with Gasteiger partial charge in [-0.25, -0.2) is 9.36 Å². The average molecular weight is 419 g/mol. The Labute approximate surface area is 177 Å². The van der Waals surface area contributed by atoms with Crippen molar-refractivity contribution < 1.29 is 13.9 Å². The highest BCUT2D eigenvalue weighted by Gasteiger charge is 2.18. The lowest BCUT2D eigenvalue weighted by Gasteiger charge is -2.16. The highest BCUT2D eigenvalue weighted by atomic mass is 16.5. The Bertz CT molecular complexity index is 1370. The first-order valence-electron chi connectivity index (χ1n) is 9.68. The van der Waals surface area contributed by atoms with Crippen molar-refractivity contribution in [2.24, 2.45) is 0 Å². The van der Waals surface area contributed by atoms with Gasteiger partial charge in [-0.1, -0.05) is 23.8 Å². The molecule has 0 atom stereocenters. The maximum atomic E-state index is 13.4. The summed E-state index contributed by atoms with van der Waals surface area (Å²) in [5.74, 6) is 0.591. The third-order valence-electron chi connectivity index (χ3n) is 4.97. The topological polar surface area (TPSA) is 95.5 Å². The number of nitrogens with one attached hydrogen (secondary N) is 1. The molecular formula is C23H21N3O5. The summed E-state index contributed by atoms with van der Waals surface area (Å²) in [4.78, 5) is 39.3. The highest BCUT2D eigenvalue weighted by molar-refractivity contribution is 5.82. The zero-order valence-corrected chi connectivity index (χ0v) is 17.1. The van der Waals surface area contributed by atoms with E-state index in [0.29, 0.717) is 28.1 Å². The van der Waals surface area contributed by atoms with E-state index in [4.69, 9.17) is 9.15 Å². The minimum atomic E-state index is -0.626. The smallest absolute Gasteiger partial charge is 0.336 e. The van der Waals surface area contributed by atoms with Crippen LogP contribution in [0.2, 0.25) is 0 Å². The fourth-order valence-corrected chi connectivity index (χ4v) is 3.47. The Balaban J connectivity index is 1.85. The molecule has 4 rings (SSSR count). The first-order chi connectivity index (χ1) is 15.0. The Hall–Kier alpha value is -4.07. The Morgan fingerprint density at radius 1 is 1.10 bits per heavy atom. The Kier molecular flexibility index (Phi) is 5.44. The van der Waals surface area contributed by atoms with Crippen LogP contribution < -0.4 is 21.3 Å². The molecule has 4 aromatic rings. The number of furan rings is 1. The molecule has 8 heteroatoms. The van der Waals surface area contributed by atoms with E-state index < -0.39 is 11.2 Å². The van der Waals surface area contributed by atoms with Crippen molar-refractivity contribution in [3.63, 3.8) is 0 Å². The van der Waals surface area contributed by atoms with E-state index in [-0.39, 0.29) is 19.0 Å². The van der Waals surface area contributed by atoms with Crippen LogP contribution in [0.15, 0.2) is 74.9 Å². The van der Waals surface area contributed by atoms with E-state index >= 15 is 0 Å². The molecule has 31 heavy (non-hydrogen) atoms. The second-order valence-corrected chi connectivity index (χ2v) is 7.06. The molecule has 0 saturated carbocycles. The van der Waals surface area contributed by atoms with Gasteiger partial charge < -0.3 is 14.5 Å². The van der Waals surface area contributed by atoms with Crippen LogP contribution in [0.4, 0.5) is 0 Å². The van der Waals surface area contributed by atoms with E-state index in [1.165, 1.54) is 17.9 Å². The summed E-state index contributed by atoms with van der Waals surface area (Å²) >= 11 is 0. The minimum absolute atomic E-state index is 0.198. The van der Waals surface area contributed by atoms with Crippen molar-refractivity contribution in [1.82, 2.24) is 14.5 Å². The summed E-state index contributed by atoms with van der Waals surface area (Å²) in [6, 6.07) is 15.4. The molecule has 0 bridgehead atoms. The summed E-state index contributed by atoms with van der Waals surface area (Å²) in [5, 5.41) is 3.07. The van der Waals surface area contributed by atoms with Crippen LogP contribution in [-0.4, -0.2) is 22.2 Å². The number of rotatable bonds is 6. The number of para-hydroxylation sites is 2. The third kappa shape index (κ3) is 3.87. The molecule has 0 aliphatic carbocycles. The molecule has 8 nitrogen and oxygen atoms in total. The molecule has 0 aliphatic heterocycles. The zero-order valence-electron chi connectivity index (χ0n) is 17.1. The summed E-state index contributed by atoms with van der Waals surface area (Å²) in [6.45, 7) is 1.80. The van der Waals surface area contributed by atoms with Crippen LogP contribution in [-0.2, 0) is 17.9 Å². The fraction of sp³-hybridized carbons (Fsp3) is 0.174. The quantitative estimate of drug-likeness (QED) is 0.518.